The van der Waals surface area contributed by atoms with Crippen LogP contribution in [0.4, 0.5) is 0 Å². The van der Waals surface area contributed by atoms with E-state index in [2.05, 4.69) is 60.7 Å². The smallest absolute Gasteiger partial charge is 0.0492 e. The third-order valence-corrected chi connectivity index (χ3v) is 3.71. The molecule has 0 bridgehead atoms. The standard InChI is InChI=1S/C17H25N3/c1-14(2)18-13-16(15-7-5-4-6-8-15)9-10-17-11-12-19-20(17)3/h4-8,11-12,14,16,18H,9-10,13H2,1-3H3. The molecule has 20 heavy (non-hydrogen) atoms. The first-order valence-electron chi connectivity index (χ1n) is 7.42. The third-order valence-electron chi connectivity index (χ3n) is 3.71. The molecule has 1 aromatic heterocycles. The largest absolute Gasteiger partial charge is 0.314 e. The normalized spacial score (nSPS) is 12.8. The Balaban J connectivity index is 2.01. The summed E-state index contributed by atoms with van der Waals surface area (Å²) < 4.78 is 1.97. The minimum absolute atomic E-state index is 0.526. The molecule has 0 aliphatic rings. The lowest BCUT2D eigenvalue weighted by atomic mass is 9.93. The van der Waals surface area contributed by atoms with Gasteiger partial charge in [0.15, 0.2) is 0 Å². The second kappa shape index (κ2) is 7.25. The number of nitrogens with one attached hydrogen (secondary N) is 1. The molecular formula is C17H25N3. The third kappa shape index (κ3) is 4.20. The van der Waals surface area contributed by atoms with Crippen molar-refractivity contribution in [1.82, 2.24) is 15.1 Å². The molecule has 3 nitrogen and oxygen atoms in total. The average molecular weight is 271 g/mol. The number of benzene rings is 1. The summed E-state index contributed by atoms with van der Waals surface area (Å²) in [5.41, 5.74) is 2.72. The molecule has 108 valence electrons. The number of rotatable bonds is 7. The van der Waals surface area contributed by atoms with Crippen LogP contribution in [0.2, 0.25) is 0 Å². The van der Waals surface area contributed by atoms with Crippen molar-refractivity contribution in [1.29, 1.82) is 0 Å². The van der Waals surface area contributed by atoms with Crippen LogP contribution in [0.25, 0.3) is 0 Å². The van der Waals surface area contributed by atoms with Gasteiger partial charge in [0.25, 0.3) is 0 Å². The van der Waals surface area contributed by atoms with Crippen LogP contribution >= 0.6 is 0 Å². The fourth-order valence-electron chi connectivity index (χ4n) is 2.46. The van der Waals surface area contributed by atoms with Gasteiger partial charge >= 0.3 is 0 Å². The minimum Gasteiger partial charge on any atom is -0.314 e. The number of aromatic nitrogens is 2. The molecule has 1 unspecified atom stereocenters. The van der Waals surface area contributed by atoms with Crippen LogP contribution in [0.15, 0.2) is 42.6 Å². The molecular weight excluding hydrogens is 246 g/mol. The van der Waals surface area contributed by atoms with E-state index < -0.39 is 0 Å². The van der Waals surface area contributed by atoms with Crippen molar-refractivity contribution in [2.45, 2.75) is 38.6 Å². The van der Waals surface area contributed by atoms with Crippen LogP contribution in [-0.4, -0.2) is 22.4 Å². The molecule has 0 spiro atoms. The Bertz CT molecular complexity index is 502. The van der Waals surface area contributed by atoms with Gasteiger partial charge in [-0.3, -0.25) is 4.68 Å². The van der Waals surface area contributed by atoms with Gasteiger partial charge in [-0.05, 0) is 30.4 Å². The molecule has 0 amide bonds. The zero-order chi connectivity index (χ0) is 14.4. The lowest BCUT2D eigenvalue weighted by Gasteiger charge is -2.20. The van der Waals surface area contributed by atoms with E-state index in [4.69, 9.17) is 0 Å². The maximum Gasteiger partial charge on any atom is 0.0492 e. The van der Waals surface area contributed by atoms with Gasteiger partial charge < -0.3 is 5.32 Å². The molecule has 1 atom stereocenters. The molecule has 3 heteroatoms. The number of hydrogen-bond acceptors (Lipinski definition) is 2. The average Bonchev–Trinajstić information content (AvgIpc) is 2.85. The van der Waals surface area contributed by atoms with E-state index >= 15 is 0 Å². The van der Waals surface area contributed by atoms with Crippen molar-refractivity contribution >= 4 is 0 Å². The van der Waals surface area contributed by atoms with Crippen molar-refractivity contribution in [2.24, 2.45) is 7.05 Å². The summed E-state index contributed by atoms with van der Waals surface area (Å²) >= 11 is 0. The van der Waals surface area contributed by atoms with Crippen LogP contribution in [0.1, 0.15) is 37.4 Å². The Hall–Kier alpha value is -1.61. The summed E-state index contributed by atoms with van der Waals surface area (Å²) in [5.74, 6) is 0.550. The Morgan fingerprint density at radius 1 is 1.15 bits per heavy atom. The predicted octanol–water partition coefficient (Wildman–Crippen LogP) is 3.13. The van der Waals surface area contributed by atoms with Gasteiger partial charge in [0.2, 0.25) is 0 Å². The van der Waals surface area contributed by atoms with Crippen LogP contribution < -0.4 is 5.32 Å². The first kappa shape index (κ1) is 14.8. The lowest BCUT2D eigenvalue weighted by molar-refractivity contribution is 0.503. The molecule has 1 heterocycles. The van der Waals surface area contributed by atoms with E-state index in [1.54, 1.807) is 0 Å². The van der Waals surface area contributed by atoms with Crippen LogP contribution in [0.3, 0.4) is 0 Å². The Kier molecular flexibility index (Phi) is 5.36. The zero-order valence-corrected chi connectivity index (χ0v) is 12.7. The van der Waals surface area contributed by atoms with E-state index in [0.29, 0.717) is 12.0 Å². The fourth-order valence-corrected chi connectivity index (χ4v) is 2.46. The van der Waals surface area contributed by atoms with Crippen molar-refractivity contribution in [3.8, 4) is 0 Å². The molecule has 2 aromatic rings. The molecule has 0 saturated carbocycles. The van der Waals surface area contributed by atoms with Gasteiger partial charge in [0.05, 0.1) is 0 Å². The molecule has 1 aromatic carbocycles. The number of nitrogens with zero attached hydrogens (tertiary/aromatic N) is 2. The highest BCUT2D eigenvalue weighted by molar-refractivity contribution is 5.20. The molecule has 1 N–H and O–H groups in total. The van der Waals surface area contributed by atoms with Gasteiger partial charge in [-0.2, -0.15) is 5.10 Å². The summed E-state index contributed by atoms with van der Waals surface area (Å²) in [6.45, 7) is 5.42. The summed E-state index contributed by atoms with van der Waals surface area (Å²) in [4.78, 5) is 0. The van der Waals surface area contributed by atoms with E-state index in [9.17, 15) is 0 Å². The van der Waals surface area contributed by atoms with E-state index in [1.807, 2.05) is 17.9 Å². The monoisotopic (exact) mass is 271 g/mol. The topological polar surface area (TPSA) is 29.9 Å². The fraction of sp³-hybridized carbons (Fsp3) is 0.471. The van der Waals surface area contributed by atoms with Gasteiger partial charge in [-0.15, -0.1) is 0 Å². The maximum atomic E-state index is 4.24. The van der Waals surface area contributed by atoms with Crippen LogP contribution in [0, 0.1) is 0 Å². The maximum absolute atomic E-state index is 4.24. The Morgan fingerprint density at radius 3 is 2.50 bits per heavy atom. The van der Waals surface area contributed by atoms with E-state index in [1.165, 1.54) is 11.3 Å². The van der Waals surface area contributed by atoms with Crippen LogP contribution in [0.5, 0.6) is 0 Å². The second-order valence-electron chi connectivity index (χ2n) is 5.66. The molecule has 0 saturated heterocycles. The summed E-state index contributed by atoms with van der Waals surface area (Å²) in [7, 11) is 2.01. The van der Waals surface area contributed by atoms with Crippen molar-refractivity contribution in [3.63, 3.8) is 0 Å². The Labute approximate surface area is 122 Å². The van der Waals surface area contributed by atoms with Crippen molar-refractivity contribution in [3.05, 3.63) is 53.9 Å². The zero-order valence-electron chi connectivity index (χ0n) is 12.7. The summed E-state index contributed by atoms with van der Waals surface area (Å²) in [6.07, 6.45) is 4.08. The molecule has 0 aliphatic heterocycles. The molecule has 0 radical (unpaired) electrons. The van der Waals surface area contributed by atoms with E-state index in [0.717, 1.165) is 19.4 Å². The lowest BCUT2D eigenvalue weighted by Crippen LogP contribution is -2.28. The van der Waals surface area contributed by atoms with Gasteiger partial charge in [0, 0.05) is 31.5 Å². The van der Waals surface area contributed by atoms with E-state index in [-0.39, 0.29) is 0 Å². The van der Waals surface area contributed by atoms with Crippen molar-refractivity contribution in [2.75, 3.05) is 6.54 Å². The summed E-state index contributed by atoms with van der Waals surface area (Å²) in [5, 5.41) is 7.81. The van der Waals surface area contributed by atoms with Gasteiger partial charge in [-0.1, -0.05) is 44.2 Å². The van der Waals surface area contributed by atoms with Gasteiger partial charge in [0.1, 0.15) is 0 Å². The number of aryl methyl sites for hydroxylation is 2. The SMILES string of the molecule is CC(C)NCC(CCc1ccnn1C)c1ccccc1. The predicted molar refractivity (Wildman–Crippen MR) is 83.9 cm³/mol. The first-order chi connectivity index (χ1) is 9.66. The highest BCUT2D eigenvalue weighted by Crippen LogP contribution is 2.21. The molecule has 0 fully saturated rings. The second-order valence-corrected chi connectivity index (χ2v) is 5.66. The Morgan fingerprint density at radius 2 is 1.90 bits per heavy atom. The highest BCUT2D eigenvalue weighted by atomic mass is 15.2. The van der Waals surface area contributed by atoms with Crippen molar-refractivity contribution < 1.29 is 0 Å². The summed E-state index contributed by atoms with van der Waals surface area (Å²) in [6, 6.07) is 13.4. The quantitative estimate of drug-likeness (QED) is 0.838. The number of hydrogen-bond donors (Lipinski definition) is 1. The first-order valence-corrected chi connectivity index (χ1v) is 7.42. The van der Waals surface area contributed by atoms with Crippen LogP contribution in [-0.2, 0) is 13.5 Å². The molecule has 2 rings (SSSR count). The molecule has 0 aliphatic carbocycles. The highest BCUT2D eigenvalue weighted by Gasteiger charge is 2.12. The van der Waals surface area contributed by atoms with Gasteiger partial charge in [-0.25, -0.2) is 0 Å². The minimum atomic E-state index is 0.526.